The first-order chi connectivity index (χ1) is 15.3. The highest BCUT2D eigenvalue weighted by Crippen LogP contribution is 2.29. The van der Waals surface area contributed by atoms with Gasteiger partial charge in [0.25, 0.3) is 11.5 Å². The van der Waals surface area contributed by atoms with E-state index in [9.17, 15) is 23.1 Å². The lowest BCUT2D eigenvalue weighted by Crippen LogP contribution is -2.41. The summed E-state index contributed by atoms with van der Waals surface area (Å²) in [7, 11) is 0. The topological polar surface area (TPSA) is 45.6 Å². The zero-order chi connectivity index (χ0) is 22.7. The first-order valence-electron chi connectivity index (χ1n) is 9.97. The Morgan fingerprint density at radius 2 is 1.72 bits per heavy atom. The molecule has 0 radical (unpaired) electrons. The molecule has 0 saturated heterocycles. The molecule has 0 bridgehead atoms. The van der Waals surface area contributed by atoms with E-state index in [4.69, 9.17) is 0 Å². The van der Waals surface area contributed by atoms with E-state index in [1.807, 2.05) is 30.3 Å². The molecule has 2 aromatic carbocycles. The van der Waals surface area contributed by atoms with Gasteiger partial charge in [-0.15, -0.1) is 0 Å². The van der Waals surface area contributed by atoms with Crippen LogP contribution in [0.1, 0.15) is 22.3 Å². The Kier molecular flexibility index (Phi) is 5.81. The summed E-state index contributed by atoms with van der Waals surface area (Å²) in [5.41, 5.74) is 0.939. The predicted octanol–water partition coefficient (Wildman–Crippen LogP) is 4.62. The molecule has 0 spiro atoms. The zero-order valence-corrected chi connectivity index (χ0v) is 17.0. The molecule has 2 aromatic heterocycles. The molecule has 0 fully saturated rings. The lowest BCUT2D eigenvalue weighted by molar-refractivity contribution is -0.671. The summed E-state index contributed by atoms with van der Waals surface area (Å²) in [5, 5.41) is 10.9. The van der Waals surface area contributed by atoms with Crippen molar-refractivity contribution >= 4 is 11.7 Å². The summed E-state index contributed by atoms with van der Waals surface area (Å²) in [6.07, 6.45) is 0.668. The molecule has 4 nitrogen and oxygen atoms in total. The number of benzene rings is 2. The summed E-state index contributed by atoms with van der Waals surface area (Å²) in [5.74, 6) is -0.168. The number of aromatic nitrogens is 2. The monoisotopic (exact) mass is 437 g/mol. The Bertz CT molecular complexity index is 1340. The minimum absolute atomic E-state index is 0.164. The molecule has 0 amide bonds. The van der Waals surface area contributed by atoms with Crippen LogP contribution in [0.15, 0.2) is 89.9 Å². The van der Waals surface area contributed by atoms with Gasteiger partial charge in [0.1, 0.15) is 12.1 Å². The fourth-order valence-corrected chi connectivity index (χ4v) is 3.59. The van der Waals surface area contributed by atoms with E-state index in [1.54, 1.807) is 47.2 Å². The molecule has 1 N–H and O–H groups in total. The second kappa shape index (κ2) is 8.70. The molecule has 4 rings (SSSR count). The molecule has 2 heterocycles. The summed E-state index contributed by atoms with van der Waals surface area (Å²) in [6, 6.07) is 19.5. The number of fused-ring (bicyclic) bond motifs is 1. The first kappa shape index (κ1) is 21.4. The Balaban J connectivity index is 1.72. The maximum atomic E-state index is 13.0. The minimum Gasteiger partial charge on any atom is -0.477 e. The Morgan fingerprint density at radius 1 is 0.969 bits per heavy atom. The van der Waals surface area contributed by atoms with Gasteiger partial charge in [0.15, 0.2) is 0 Å². The quantitative estimate of drug-likeness (QED) is 0.464. The number of hydrogen-bond donors (Lipinski definition) is 1. The Hall–Kier alpha value is -3.87. The van der Waals surface area contributed by atoms with Gasteiger partial charge in [-0.1, -0.05) is 54.6 Å². The van der Waals surface area contributed by atoms with Gasteiger partial charge >= 0.3 is 11.7 Å². The third-order valence-electron chi connectivity index (χ3n) is 5.15. The van der Waals surface area contributed by atoms with Gasteiger partial charge in [0.2, 0.25) is 0 Å². The van der Waals surface area contributed by atoms with Crippen LogP contribution >= 0.6 is 0 Å². The number of halogens is 3. The van der Waals surface area contributed by atoms with Gasteiger partial charge in [-0.25, -0.2) is 4.79 Å². The van der Waals surface area contributed by atoms with Crippen molar-refractivity contribution in [2.45, 2.75) is 19.1 Å². The molecule has 0 atom stereocenters. The van der Waals surface area contributed by atoms with Crippen molar-refractivity contribution in [2.75, 3.05) is 0 Å². The number of rotatable bonds is 5. The van der Waals surface area contributed by atoms with E-state index < -0.39 is 11.7 Å². The largest absolute Gasteiger partial charge is 0.477 e. The summed E-state index contributed by atoms with van der Waals surface area (Å²) >= 11 is 0. The van der Waals surface area contributed by atoms with E-state index in [0.29, 0.717) is 11.2 Å². The zero-order valence-electron chi connectivity index (χ0n) is 17.0. The average molecular weight is 437 g/mol. The van der Waals surface area contributed by atoms with Crippen LogP contribution in [-0.2, 0) is 19.1 Å². The highest BCUT2D eigenvalue weighted by Gasteiger charge is 2.30. The lowest BCUT2D eigenvalue weighted by Gasteiger charge is -2.09. The molecule has 162 valence electrons. The molecule has 0 aliphatic carbocycles. The van der Waals surface area contributed by atoms with Crippen molar-refractivity contribution in [2.24, 2.45) is 0 Å². The highest BCUT2D eigenvalue weighted by atomic mass is 19.4. The van der Waals surface area contributed by atoms with E-state index in [1.165, 1.54) is 10.5 Å². The molecule has 0 unspecified atom stereocenters. The predicted molar refractivity (Wildman–Crippen MR) is 115 cm³/mol. The standard InChI is InChI=1S/C25H19F3N2O2/c26-25(27,28)20-12-6-10-18(16-20)11-7-15-30-22-13-4-5-14-29(22)23(31)21(24(30)32)17-19-8-2-1-3-9-19/h1-14,16H,15,17H2/p+1/b11-7+. The molecule has 4 aromatic rings. The van der Waals surface area contributed by atoms with E-state index >= 15 is 0 Å². The van der Waals surface area contributed by atoms with Crippen LogP contribution in [0, 0.1) is 0 Å². The highest BCUT2D eigenvalue weighted by molar-refractivity contribution is 5.50. The van der Waals surface area contributed by atoms with Crippen LogP contribution in [0.2, 0.25) is 0 Å². The van der Waals surface area contributed by atoms with Crippen molar-refractivity contribution in [3.05, 3.63) is 118 Å². The van der Waals surface area contributed by atoms with Crippen LogP contribution in [0.3, 0.4) is 0 Å². The van der Waals surface area contributed by atoms with E-state index in [-0.39, 0.29) is 30.0 Å². The van der Waals surface area contributed by atoms with Gasteiger partial charge in [-0.3, -0.25) is 0 Å². The van der Waals surface area contributed by atoms with Crippen LogP contribution in [0.25, 0.3) is 11.7 Å². The molecule has 0 aliphatic heterocycles. The summed E-state index contributed by atoms with van der Waals surface area (Å²) in [4.78, 5) is 13.0. The van der Waals surface area contributed by atoms with Crippen molar-refractivity contribution in [3.63, 3.8) is 0 Å². The molecular weight excluding hydrogens is 417 g/mol. The van der Waals surface area contributed by atoms with Gasteiger partial charge in [-0.05, 0) is 35.4 Å². The van der Waals surface area contributed by atoms with Gasteiger partial charge < -0.3 is 5.11 Å². The van der Waals surface area contributed by atoms with E-state index in [0.717, 1.165) is 17.7 Å². The van der Waals surface area contributed by atoms with Gasteiger partial charge in [0, 0.05) is 12.5 Å². The number of hydrogen-bond acceptors (Lipinski definition) is 2. The van der Waals surface area contributed by atoms with Crippen LogP contribution in [0.5, 0.6) is 5.88 Å². The second-order valence-corrected chi connectivity index (χ2v) is 7.33. The number of nitrogens with zero attached hydrogens (tertiary/aromatic N) is 2. The Labute approximate surface area is 182 Å². The number of aromatic hydroxyl groups is 1. The van der Waals surface area contributed by atoms with Crippen LogP contribution < -0.4 is 10.1 Å². The fraction of sp³-hybridized carbons (Fsp3) is 0.120. The van der Waals surface area contributed by atoms with Crippen molar-refractivity contribution in [3.8, 4) is 5.88 Å². The number of pyridine rings is 1. The normalized spacial score (nSPS) is 12.0. The first-order valence-corrected chi connectivity index (χ1v) is 9.97. The van der Waals surface area contributed by atoms with Crippen molar-refractivity contribution in [1.29, 1.82) is 0 Å². The molecule has 0 saturated carbocycles. The van der Waals surface area contributed by atoms with Crippen LogP contribution in [-0.4, -0.2) is 9.51 Å². The maximum absolute atomic E-state index is 13.0. The van der Waals surface area contributed by atoms with Gasteiger partial charge in [0.05, 0.1) is 11.8 Å². The molecule has 0 aliphatic rings. The third-order valence-corrected chi connectivity index (χ3v) is 5.15. The SMILES string of the molecule is O=c1c(Cc2ccccc2)c(O)[n+](C/C=C/c2cccc(C(F)(F)F)c2)c2ccccn12. The maximum Gasteiger partial charge on any atom is 0.416 e. The minimum atomic E-state index is -4.42. The van der Waals surface area contributed by atoms with Crippen molar-refractivity contribution < 1.29 is 22.8 Å². The summed E-state index contributed by atoms with van der Waals surface area (Å²) in [6.45, 7) is 0.164. The molecule has 32 heavy (non-hydrogen) atoms. The van der Waals surface area contributed by atoms with Crippen molar-refractivity contribution in [1.82, 2.24) is 4.40 Å². The van der Waals surface area contributed by atoms with Gasteiger partial charge in [-0.2, -0.15) is 22.1 Å². The van der Waals surface area contributed by atoms with E-state index in [2.05, 4.69) is 0 Å². The third kappa shape index (κ3) is 4.42. The second-order valence-electron chi connectivity index (χ2n) is 7.33. The fourth-order valence-electron chi connectivity index (χ4n) is 3.59. The smallest absolute Gasteiger partial charge is 0.416 e. The molecular formula is C25H20F3N2O2+. The number of alkyl halides is 3. The van der Waals surface area contributed by atoms with Crippen LogP contribution in [0.4, 0.5) is 13.2 Å². The number of allylic oxidation sites excluding steroid dienone is 1. The average Bonchev–Trinajstić information content (AvgIpc) is 2.79. The summed E-state index contributed by atoms with van der Waals surface area (Å²) < 4.78 is 41.9. The molecule has 7 heteroatoms. The lowest BCUT2D eigenvalue weighted by atomic mass is 10.1. The Morgan fingerprint density at radius 3 is 2.47 bits per heavy atom.